The molecule has 25 heavy (non-hydrogen) atoms. The van der Waals surface area contributed by atoms with Crippen molar-refractivity contribution < 1.29 is 9.59 Å². The van der Waals surface area contributed by atoms with E-state index in [2.05, 4.69) is 22.3 Å². The minimum Gasteiger partial charge on any atom is -0.312 e. The maximum Gasteiger partial charge on any atom is 0.300 e. The van der Waals surface area contributed by atoms with E-state index in [1.807, 2.05) is 38.5 Å². The fourth-order valence-corrected chi connectivity index (χ4v) is 4.42. The van der Waals surface area contributed by atoms with Crippen LogP contribution in [0.1, 0.15) is 35.3 Å². The number of hydrogen-bond acceptors (Lipinski definition) is 5. The van der Waals surface area contributed by atoms with Gasteiger partial charge in [0.1, 0.15) is 6.33 Å². The Morgan fingerprint density at radius 1 is 1.20 bits per heavy atom. The van der Waals surface area contributed by atoms with E-state index in [-0.39, 0.29) is 0 Å². The van der Waals surface area contributed by atoms with Crippen molar-refractivity contribution in [2.75, 3.05) is 10.7 Å². The second kappa shape index (κ2) is 5.29. The van der Waals surface area contributed by atoms with Crippen LogP contribution in [0.5, 0.6) is 0 Å². The normalized spacial score (nSPS) is 17.8. The van der Waals surface area contributed by atoms with E-state index in [9.17, 15) is 9.59 Å². The molecule has 0 spiro atoms. The summed E-state index contributed by atoms with van der Waals surface area (Å²) in [6, 6.07) is 3.86. The number of hydrogen-bond donors (Lipinski definition) is 0. The van der Waals surface area contributed by atoms with E-state index in [0.717, 1.165) is 27.5 Å². The average molecular weight is 354 g/mol. The molecule has 0 saturated heterocycles. The molecular formula is C18H18N4O2S. The first-order valence-electron chi connectivity index (χ1n) is 8.02. The molecule has 0 atom stereocenters. The summed E-state index contributed by atoms with van der Waals surface area (Å²) in [5.74, 6) is -0.158. The minimum absolute atomic E-state index is 0.413. The van der Waals surface area contributed by atoms with Crippen LogP contribution in [0.3, 0.4) is 0 Å². The summed E-state index contributed by atoms with van der Waals surface area (Å²) in [4.78, 5) is 26.6. The van der Waals surface area contributed by atoms with Gasteiger partial charge in [-0.2, -0.15) is 0 Å². The first-order valence-corrected chi connectivity index (χ1v) is 9.00. The second-order valence-corrected chi connectivity index (χ2v) is 7.96. The van der Waals surface area contributed by atoms with Crippen molar-refractivity contribution in [2.24, 2.45) is 7.05 Å². The molecule has 2 aliphatic heterocycles. The summed E-state index contributed by atoms with van der Waals surface area (Å²) in [5.41, 5.74) is 3.77. The molecule has 0 saturated carbocycles. The summed E-state index contributed by atoms with van der Waals surface area (Å²) in [6.45, 7) is 5.87. The number of aromatic nitrogens is 3. The smallest absolute Gasteiger partial charge is 0.300 e. The molecule has 0 unspecified atom stereocenters. The lowest BCUT2D eigenvalue weighted by Gasteiger charge is -2.39. The highest BCUT2D eigenvalue weighted by molar-refractivity contribution is 7.99. The van der Waals surface area contributed by atoms with Crippen LogP contribution in [0.4, 0.5) is 5.69 Å². The quantitative estimate of drug-likeness (QED) is 0.626. The molecule has 2 aliphatic rings. The predicted molar refractivity (Wildman–Crippen MR) is 96.8 cm³/mol. The first kappa shape index (κ1) is 16.1. The summed E-state index contributed by atoms with van der Waals surface area (Å²) in [6.07, 6.45) is 3.75. The van der Waals surface area contributed by atoms with E-state index in [0.29, 0.717) is 11.3 Å². The third kappa shape index (κ3) is 2.33. The maximum absolute atomic E-state index is 12.5. The van der Waals surface area contributed by atoms with Gasteiger partial charge in [0.25, 0.3) is 11.7 Å². The van der Waals surface area contributed by atoms with E-state index in [1.165, 1.54) is 0 Å². The lowest BCUT2D eigenvalue weighted by atomic mass is 9.88. The van der Waals surface area contributed by atoms with Crippen LogP contribution in [0.25, 0.3) is 5.57 Å². The van der Waals surface area contributed by atoms with Gasteiger partial charge in [0.05, 0.1) is 16.8 Å². The molecule has 6 nitrogen and oxygen atoms in total. The molecule has 7 heteroatoms. The molecule has 0 bridgehead atoms. The van der Waals surface area contributed by atoms with Crippen LogP contribution in [0, 0.1) is 6.92 Å². The number of anilines is 1. The van der Waals surface area contributed by atoms with Gasteiger partial charge in [-0.05, 0) is 44.0 Å². The summed E-state index contributed by atoms with van der Waals surface area (Å²) in [5, 5.41) is 8.84. The van der Waals surface area contributed by atoms with Gasteiger partial charge in [0.2, 0.25) is 0 Å². The fourth-order valence-electron chi connectivity index (χ4n) is 3.54. The fraction of sp³-hybridized carbons (Fsp3) is 0.333. The first-order chi connectivity index (χ1) is 11.8. The highest BCUT2D eigenvalue weighted by Gasteiger charge is 2.47. The van der Waals surface area contributed by atoms with Gasteiger partial charge in [-0.15, -0.1) is 10.2 Å². The number of carbonyl (C=O) groups excluding carboxylic acids is 2. The Bertz CT molecular complexity index is 958. The lowest BCUT2D eigenvalue weighted by Crippen LogP contribution is -2.47. The number of thioether (sulfide) groups is 1. The Kier molecular flexibility index (Phi) is 3.40. The van der Waals surface area contributed by atoms with Crippen molar-refractivity contribution >= 4 is 34.7 Å². The van der Waals surface area contributed by atoms with Gasteiger partial charge in [-0.25, -0.2) is 0 Å². The van der Waals surface area contributed by atoms with Crippen molar-refractivity contribution in [2.45, 2.75) is 31.5 Å². The molecule has 1 aromatic carbocycles. The van der Waals surface area contributed by atoms with E-state index in [4.69, 9.17) is 0 Å². The summed E-state index contributed by atoms with van der Waals surface area (Å²) < 4.78 is 1.87. The lowest BCUT2D eigenvalue weighted by molar-refractivity contribution is -0.115. The standard InChI is InChI=1S/C18H18N4O2S/c1-10-5-12-11(8-25-17-20-19-9-21(17)4)7-18(2,3)22-14(12)13(6-10)15(23)16(22)24/h5-7,9H,8H2,1-4H3. The number of ketones is 1. The van der Waals surface area contributed by atoms with Crippen molar-refractivity contribution in [3.8, 4) is 0 Å². The van der Waals surface area contributed by atoms with Crippen molar-refractivity contribution in [3.63, 3.8) is 0 Å². The molecule has 1 aromatic heterocycles. The van der Waals surface area contributed by atoms with E-state index in [1.54, 1.807) is 23.0 Å². The number of benzene rings is 1. The van der Waals surface area contributed by atoms with Crippen LogP contribution in [0.2, 0.25) is 0 Å². The van der Waals surface area contributed by atoms with Gasteiger partial charge < -0.3 is 4.57 Å². The molecular weight excluding hydrogens is 336 g/mol. The Hall–Kier alpha value is -2.41. The number of amides is 1. The predicted octanol–water partition coefficient (Wildman–Crippen LogP) is 2.62. The highest BCUT2D eigenvalue weighted by atomic mass is 32.2. The molecule has 1 amide bonds. The summed E-state index contributed by atoms with van der Waals surface area (Å²) >= 11 is 1.59. The van der Waals surface area contributed by atoms with Crippen LogP contribution in [0.15, 0.2) is 29.7 Å². The van der Waals surface area contributed by atoms with E-state index >= 15 is 0 Å². The third-order valence-corrected chi connectivity index (χ3v) is 5.68. The van der Waals surface area contributed by atoms with E-state index < -0.39 is 17.2 Å². The average Bonchev–Trinajstić information content (AvgIpc) is 3.06. The van der Waals surface area contributed by atoms with Crippen LogP contribution >= 0.6 is 11.8 Å². The number of aryl methyl sites for hydroxylation is 2. The molecule has 4 rings (SSSR count). The molecule has 0 fully saturated rings. The van der Waals surface area contributed by atoms with Crippen LogP contribution in [-0.2, 0) is 11.8 Å². The SMILES string of the molecule is Cc1cc2c3c(c1)C(CSc1nncn1C)=CC(C)(C)N3C(=O)C2=O. The zero-order valence-electron chi connectivity index (χ0n) is 14.5. The topological polar surface area (TPSA) is 68.1 Å². The third-order valence-electron chi connectivity index (χ3n) is 4.60. The zero-order valence-corrected chi connectivity index (χ0v) is 15.3. The van der Waals surface area contributed by atoms with Crippen molar-refractivity contribution in [1.82, 2.24) is 14.8 Å². The van der Waals surface area contributed by atoms with Gasteiger partial charge in [-0.3, -0.25) is 14.5 Å². The number of Topliss-reactive ketones (excluding diaryl/α,β-unsaturated/α-hetero) is 1. The number of carbonyl (C=O) groups is 2. The van der Waals surface area contributed by atoms with Crippen LogP contribution < -0.4 is 4.90 Å². The monoisotopic (exact) mass is 354 g/mol. The number of nitrogens with zero attached hydrogens (tertiary/aromatic N) is 4. The highest BCUT2D eigenvalue weighted by Crippen LogP contribution is 2.46. The molecule has 3 heterocycles. The minimum atomic E-state index is -0.546. The van der Waals surface area contributed by atoms with Crippen molar-refractivity contribution in [3.05, 3.63) is 41.2 Å². The molecule has 0 N–H and O–H groups in total. The molecule has 128 valence electrons. The summed E-state index contributed by atoms with van der Waals surface area (Å²) in [7, 11) is 1.91. The maximum atomic E-state index is 12.5. The molecule has 2 aromatic rings. The number of rotatable bonds is 3. The van der Waals surface area contributed by atoms with Gasteiger partial charge in [0.15, 0.2) is 5.16 Å². The zero-order chi connectivity index (χ0) is 17.9. The Morgan fingerprint density at radius 2 is 1.92 bits per heavy atom. The van der Waals surface area contributed by atoms with Gasteiger partial charge in [0, 0.05) is 18.4 Å². The van der Waals surface area contributed by atoms with Crippen molar-refractivity contribution in [1.29, 1.82) is 0 Å². The van der Waals surface area contributed by atoms with Gasteiger partial charge in [-0.1, -0.05) is 17.8 Å². The van der Waals surface area contributed by atoms with Crippen LogP contribution in [-0.4, -0.2) is 37.7 Å². The Labute approximate surface area is 149 Å². The second-order valence-electron chi connectivity index (χ2n) is 7.01. The Morgan fingerprint density at radius 3 is 2.60 bits per heavy atom. The van der Waals surface area contributed by atoms with Gasteiger partial charge >= 0.3 is 0 Å². The Balaban J connectivity index is 1.81. The molecule has 0 aliphatic carbocycles. The largest absolute Gasteiger partial charge is 0.312 e. The molecule has 0 radical (unpaired) electrons.